The highest BCUT2D eigenvalue weighted by atomic mass is 19.4. The summed E-state index contributed by atoms with van der Waals surface area (Å²) in [6.07, 6.45) is -1.96. The van der Waals surface area contributed by atoms with Crippen molar-refractivity contribution in [3.8, 4) is 6.07 Å². The van der Waals surface area contributed by atoms with Crippen LogP contribution in [-0.4, -0.2) is 50.2 Å². The minimum atomic E-state index is -4.46. The topological polar surface area (TPSA) is 59.3 Å². The van der Waals surface area contributed by atoms with Gasteiger partial charge in [0.2, 0.25) is 5.95 Å². The molecule has 3 rings (SSSR count). The number of nitriles is 1. The molecule has 0 bridgehead atoms. The Morgan fingerprint density at radius 3 is 2.61 bits per heavy atom. The number of hydrogen-bond donors (Lipinski definition) is 0. The van der Waals surface area contributed by atoms with Crippen LogP contribution in [0.25, 0.3) is 0 Å². The Hall–Kier alpha value is -3.02. The molecular formula is C19H21F3N6. The van der Waals surface area contributed by atoms with Gasteiger partial charge in [-0.25, -0.2) is 4.98 Å². The summed E-state index contributed by atoms with van der Waals surface area (Å²) < 4.78 is 38.7. The molecule has 0 saturated carbocycles. The zero-order chi connectivity index (χ0) is 20.5. The second-order valence-electron chi connectivity index (χ2n) is 6.95. The van der Waals surface area contributed by atoms with E-state index < -0.39 is 11.7 Å². The van der Waals surface area contributed by atoms with Gasteiger partial charge in [0.05, 0.1) is 16.8 Å². The van der Waals surface area contributed by atoms with Crippen LogP contribution in [0.2, 0.25) is 0 Å². The molecule has 1 atom stereocenters. The average Bonchev–Trinajstić information content (AvgIpc) is 3.16. The molecule has 148 valence electrons. The van der Waals surface area contributed by atoms with Gasteiger partial charge in [0.1, 0.15) is 11.9 Å². The van der Waals surface area contributed by atoms with Crippen LogP contribution in [0.5, 0.6) is 0 Å². The van der Waals surface area contributed by atoms with Crippen molar-refractivity contribution in [1.82, 2.24) is 9.97 Å². The zero-order valence-corrected chi connectivity index (χ0v) is 15.9. The summed E-state index contributed by atoms with van der Waals surface area (Å²) in [5.74, 6) is 1.38. The van der Waals surface area contributed by atoms with Crippen molar-refractivity contribution in [3.63, 3.8) is 0 Å². The lowest BCUT2D eigenvalue weighted by atomic mass is 10.1. The fourth-order valence-electron chi connectivity index (χ4n) is 3.29. The van der Waals surface area contributed by atoms with Crippen LogP contribution in [0.4, 0.5) is 30.6 Å². The number of benzene rings is 1. The van der Waals surface area contributed by atoms with E-state index in [1.807, 2.05) is 48.0 Å². The summed E-state index contributed by atoms with van der Waals surface area (Å²) in [5.41, 5.74) is -0.240. The van der Waals surface area contributed by atoms with E-state index in [0.717, 1.165) is 24.4 Å². The van der Waals surface area contributed by atoms with E-state index in [1.165, 1.54) is 6.07 Å². The minimum Gasteiger partial charge on any atom is -0.368 e. The van der Waals surface area contributed by atoms with Crippen LogP contribution in [0, 0.1) is 11.3 Å². The first-order valence-corrected chi connectivity index (χ1v) is 8.80. The third kappa shape index (κ3) is 3.96. The molecule has 28 heavy (non-hydrogen) atoms. The molecule has 1 fully saturated rings. The molecule has 0 N–H and O–H groups in total. The molecule has 0 aliphatic carbocycles. The van der Waals surface area contributed by atoms with Crippen molar-refractivity contribution in [2.24, 2.45) is 0 Å². The third-order valence-corrected chi connectivity index (χ3v) is 4.89. The summed E-state index contributed by atoms with van der Waals surface area (Å²) in [6.45, 7) is 1.25. The normalized spacial score (nSPS) is 16.8. The minimum absolute atomic E-state index is 0.0371. The number of halogens is 3. The number of nitrogens with zero attached hydrogens (tertiary/aromatic N) is 6. The summed E-state index contributed by atoms with van der Waals surface area (Å²) >= 11 is 0. The maximum Gasteiger partial charge on any atom is 0.416 e. The Morgan fingerprint density at radius 2 is 1.96 bits per heavy atom. The standard InChI is InChI=1S/C19H21F3N6/c1-26(2)18-24-8-6-17(25-18)27(3)15-7-9-28(12-15)16-5-4-14(19(20,21)22)10-13(16)11-23/h4-6,8,10,15H,7,9,12H2,1-3H3. The molecule has 0 spiro atoms. The van der Waals surface area contributed by atoms with Crippen molar-refractivity contribution in [2.45, 2.75) is 18.6 Å². The van der Waals surface area contributed by atoms with Crippen LogP contribution < -0.4 is 14.7 Å². The van der Waals surface area contributed by atoms with Gasteiger partial charge >= 0.3 is 6.18 Å². The van der Waals surface area contributed by atoms with Gasteiger partial charge in [0.25, 0.3) is 0 Å². The predicted octanol–water partition coefficient (Wildman–Crippen LogP) is 3.15. The van der Waals surface area contributed by atoms with E-state index in [-0.39, 0.29) is 11.6 Å². The van der Waals surface area contributed by atoms with Crippen LogP contribution in [0.3, 0.4) is 0 Å². The molecule has 9 heteroatoms. The van der Waals surface area contributed by atoms with Crippen LogP contribution in [-0.2, 0) is 6.18 Å². The maximum absolute atomic E-state index is 12.9. The molecule has 6 nitrogen and oxygen atoms in total. The fraction of sp³-hybridized carbons (Fsp3) is 0.421. The van der Waals surface area contributed by atoms with Crippen LogP contribution >= 0.6 is 0 Å². The monoisotopic (exact) mass is 390 g/mol. The first-order chi connectivity index (χ1) is 13.2. The summed E-state index contributed by atoms with van der Waals surface area (Å²) in [6, 6.07) is 7.18. The largest absolute Gasteiger partial charge is 0.416 e. The van der Waals surface area contributed by atoms with Crippen molar-refractivity contribution in [2.75, 3.05) is 48.9 Å². The van der Waals surface area contributed by atoms with Gasteiger partial charge in [-0.2, -0.15) is 23.4 Å². The van der Waals surface area contributed by atoms with E-state index in [4.69, 9.17) is 0 Å². The number of anilines is 3. The Labute approximate surface area is 161 Å². The van der Waals surface area contributed by atoms with Gasteiger partial charge in [-0.05, 0) is 30.7 Å². The highest BCUT2D eigenvalue weighted by Gasteiger charge is 2.33. The molecule has 1 saturated heterocycles. The van der Waals surface area contributed by atoms with Gasteiger partial charge in [0, 0.05) is 46.5 Å². The van der Waals surface area contributed by atoms with Crippen LogP contribution in [0.1, 0.15) is 17.5 Å². The first kappa shape index (κ1) is 19.7. The molecule has 1 aromatic carbocycles. The molecule has 1 unspecified atom stereocenters. The number of aromatic nitrogens is 2. The third-order valence-electron chi connectivity index (χ3n) is 4.89. The Balaban J connectivity index is 1.79. The molecule has 2 heterocycles. The van der Waals surface area contributed by atoms with E-state index >= 15 is 0 Å². The highest BCUT2D eigenvalue weighted by Crippen LogP contribution is 2.34. The van der Waals surface area contributed by atoms with Crippen molar-refractivity contribution < 1.29 is 13.2 Å². The molecule has 0 amide bonds. The smallest absolute Gasteiger partial charge is 0.368 e. The average molecular weight is 390 g/mol. The fourth-order valence-corrected chi connectivity index (χ4v) is 3.29. The number of alkyl halides is 3. The van der Waals surface area contributed by atoms with E-state index in [9.17, 15) is 18.4 Å². The summed E-state index contributed by atoms with van der Waals surface area (Å²) in [5, 5.41) is 9.33. The highest BCUT2D eigenvalue weighted by molar-refractivity contribution is 5.62. The van der Waals surface area contributed by atoms with Crippen molar-refractivity contribution in [1.29, 1.82) is 5.26 Å². The molecule has 0 radical (unpaired) electrons. The second kappa shape index (κ2) is 7.54. The zero-order valence-electron chi connectivity index (χ0n) is 15.9. The molecule has 1 aliphatic rings. The maximum atomic E-state index is 12.9. The van der Waals surface area contributed by atoms with Gasteiger partial charge in [0.15, 0.2) is 0 Å². The quantitative estimate of drug-likeness (QED) is 0.799. The van der Waals surface area contributed by atoms with E-state index in [1.54, 1.807) is 6.20 Å². The van der Waals surface area contributed by atoms with Gasteiger partial charge in [-0.1, -0.05) is 0 Å². The second-order valence-corrected chi connectivity index (χ2v) is 6.95. The SMILES string of the molecule is CN(C)c1nccc(N(C)C2CCN(c3ccc(C(F)(F)F)cc3C#N)C2)n1. The van der Waals surface area contributed by atoms with Gasteiger partial charge < -0.3 is 14.7 Å². The summed E-state index contributed by atoms with van der Waals surface area (Å²) in [7, 11) is 5.67. The molecular weight excluding hydrogens is 369 g/mol. The molecule has 1 aromatic heterocycles. The predicted molar refractivity (Wildman–Crippen MR) is 102 cm³/mol. The first-order valence-electron chi connectivity index (χ1n) is 8.80. The van der Waals surface area contributed by atoms with Crippen molar-refractivity contribution >= 4 is 17.5 Å². The van der Waals surface area contributed by atoms with E-state index in [2.05, 4.69) is 9.97 Å². The van der Waals surface area contributed by atoms with Gasteiger partial charge in [-0.3, -0.25) is 0 Å². The lowest BCUT2D eigenvalue weighted by Gasteiger charge is -2.27. The molecule has 2 aromatic rings. The van der Waals surface area contributed by atoms with Crippen LogP contribution in [0.15, 0.2) is 30.5 Å². The Bertz CT molecular complexity index is 890. The van der Waals surface area contributed by atoms with Gasteiger partial charge in [-0.15, -0.1) is 0 Å². The number of rotatable bonds is 4. The molecule has 1 aliphatic heterocycles. The lowest BCUT2D eigenvalue weighted by Crippen LogP contribution is -2.35. The van der Waals surface area contributed by atoms with Crippen molar-refractivity contribution in [3.05, 3.63) is 41.6 Å². The Morgan fingerprint density at radius 1 is 1.21 bits per heavy atom. The number of likely N-dealkylation sites (N-methyl/N-ethyl adjacent to an activating group) is 1. The summed E-state index contributed by atoms with van der Waals surface area (Å²) in [4.78, 5) is 14.6. The Kier molecular flexibility index (Phi) is 5.31. The van der Waals surface area contributed by atoms with E-state index in [0.29, 0.717) is 24.7 Å². The lowest BCUT2D eigenvalue weighted by molar-refractivity contribution is -0.137. The number of hydrogen-bond acceptors (Lipinski definition) is 6.